The van der Waals surface area contributed by atoms with Gasteiger partial charge in [0.15, 0.2) is 11.5 Å². The molecule has 298 valence electrons. The molecule has 0 spiro atoms. The second kappa shape index (κ2) is 16.3. The van der Waals surface area contributed by atoms with Crippen molar-refractivity contribution in [3.63, 3.8) is 0 Å². The van der Waals surface area contributed by atoms with Crippen LogP contribution in [0.25, 0.3) is 0 Å². The van der Waals surface area contributed by atoms with Gasteiger partial charge in [0.05, 0.1) is 40.7 Å². The summed E-state index contributed by atoms with van der Waals surface area (Å²) in [5, 5.41) is 45.5. The van der Waals surface area contributed by atoms with Crippen LogP contribution >= 0.6 is 19.2 Å². The van der Waals surface area contributed by atoms with E-state index in [0.29, 0.717) is 9.21 Å². The maximum absolute atomic E-state index is 14.2. The van der Waals surface area contributed by atoms with Gasteiger partial charge in [-0.25, -0.2) is 36.4 Å². The first-order chi connectivity index (χ1) is 26.2. The Kier molecular flexibility index (Phi) is 12.2. The third kappa shape index (κ3) is 8.82. The first-order valence-electron chi connectivity index (χ1n) is 16.2. The van der Waals surface area contributed by atoms with Gasteiger partial charge in [0.1, 0.15) is 23.2 Å². The van der Waals surface area contributed by atoms with Crippen molar-refractivity contribution in [2.24, 2.45) is 0 Å². The van der Waals surface area contributed by atoms with E-state index in [9.17, 15) is 71.5 Å². The van der Waals surface area contributed by atoms with E-state index in [1.165, 1.54) is 6.07 Å². The molecule has 0 radical (unpaired) electrons. The Labute approximate surface area is 321 Å². The molecule has 5 rings (SSSR count). The van der Waals surface area contributed by atoms with E-state index in [1.807, 2.05) is 0 Å². The number of carboxylic acids is 1. The third-order valence-corrected chi connectivity index (χ3v) is 11.8. The zero-order valence-corrected chi connectivity index (χ0v) is 30.9. The summed E-state index contributed by atoms with van der Waals surface area (Å²) in [5.74, 6) is -8.43. The summed E-state index contributed by atoms with van der Waals surface area (Å²) in [5.41, 5.74) is -1.04. The number of urea groups is 2. The lowest BCUT2D eigenvalue weighted by Crippen LogP contribution is -2.56. The van der Waals surface area contributed by atoms with Crippen LogP contribution in [0.1, 0.15) is 44.3 Å². The Balaban J connectivity index is 1.27. The van der Waals surface area contributed by atoms with E-state index in [0.717, 1.165) is 42.5 Å². The fourth-order valence-electron chi connectivity index (χ4n) is 5.74. The topological polar surface area (TPSA) is 310 Å². The predicted octanol–water partition coefficient (Wildman–Crippen LogP) is 0.169. The lowest BCUT2D eigenvalue weighted by molar-refractivity contribution is -0.123. The minimum Gasteiger partial charge on any atom is -0.534 e. The van der Waals surface area contributed by atoms with E-state index >= 15 is 0 Å². The number of carbonyl (C=O) groups is 5. The normalized spacial score (nSPS) is 16.1. The summed E-state index contributed by atoms with van der Waals surface area (Å²) in [6.45, 7) is -1.19. The van der Waals surface area contributed by atoms with E-state index < -0.39 is 124 Å². The number of aromatic carboxylic acids is 1. The van der Waals surface area contributed by atoms with Gasteiger partial charge >= 0.3 is 32.7 Å². The number of sulfonamides is 1. The summed E-state index contributed by atoms with van der Waals surface area (Å²) >= 11 is 5.87. The van der Waals surface area contributed by atoms with Crippen LogP contribution in [0.3, 0.4) is 0 Å². The lowest BCUT2D eigenvalue weighted by Gasteiger charge is -2.30. The Morgan fingerprint density at radius 2 is 1.73 bits per heavy atom. The quantitative estimate of drug-likeness (QED) is 0.0508. The number of aromatic hydroxyl groups is 2. The molecular formula is C31H31BClFN5O15PS. The van der Waals surface area contributed by atoms with Gasteiger partial charge in [0.25, 0.3) is 5.91 Å². The molecule has 0 bridgehead atoms. The molecule has 2 aliphatic heterocycles. The first kappa shape index (κ1) is 41.7. The van der Waals surface area contributed by atoms with Crippen LogP contribution in [0, 0.1) is 5.82 Å². The third-order valence-electron chi connectivity index (χ3n) is 8.60. The highest BCUT2D eigenvalue weighted by atomic mass is 35.5. The fourth-order valence-corrected chi connectivity index (χ4v) is 7.95. The second-order valence-electron chi connectivity index (χ2n) is 12.3. The first-order valence-corrected chi connectivity index (χ1v) is 19.8. The number of halogens is 2. The number of carbonyl (C=O) groups excluding carboxylic acids is 4. The Hall–Kier alpha value is -5.45. The van der Waals surface area contributed by atoms with E-state index in [2.05, 4.69) is 16.0 Å². The van der Waals surface area contributed by atoms with Crippen LogP contribution in [-0.2, 0) is 25.8 Å². The van der Waals surface area contributed by atoms with E-state index in [-0.39, 0.29) is 36.1 Å². The minimum absolute atomic E-state index is 0.0862. The average molecular weight is 842 g/mol. The van der Waals surface area contributed by atoms with Gasteiger partial charge in [0.2, 0.25) is 15.9 Å². The van der Waals surface area contributed by atoms with Crippen LogP contribution in [-0.4, -0.2) is 116 Å². The van der Waals surface area contributed by atoms with E-state index in [4.69, 9.17) is 16.3 Å². The van der Waals surface area contributed by atoms with Gasteiger partial charge in [-0.2, -0.15) is 0 Å². The molecule has 3 aromatic carbocycles. The van der Waals surface area contributed by atoms with Crippen molar-refractivity contribution in [2.75, 3.05) is 25.4 Å². The van der Waals surface area contributed by atoms with Gasteiger partial charge in [-0.05, 0) is 54.3 Å². The molecule has 1 saturated heterocycles. The van der Waals surface area contributed by atoms with Crippen molar-refractivity contribution in [3.05, 3.63) is 81.6 Å². The molecule has 1 fully saturated rings. The molecule has 25 heteroatoms. The number of nitrogens with zero attached hydrogens (tertiary/aromatic N) is 2. The standard InChI is InChI=1S/C31H31BClFN5O15PS/c33-23-18(7-9-20(40)25(23)41)27(42)35-10-1-13-56(52,53)39-12-11-38(31(39)47)30(46)37-24(15-2-5-17(6-3-15)55(49,50)51)28(43)36-21-14-16-4-8-19(34)22(29(44)45)26(16)54-32(21)48/h2-9,21,24,40-41,48H,1,10-14H2,(H,35,42)(H,36,43)(H,37,46)(H,44,45)(H2,49,50,51)/t21-,24+/m0/s1. The molecule has 0 unspecified atom stereocenters. The Bertz CT molecular complexity index is 2270. The number of rotatable bonds is 12. The van der Waals surface area contributed by atoms with Crippen molar-refractivity contribution >= 4 is 71.5 Å². The largest absolute Gasteiger partial charge is 0.547 e. The second-order valence-corrected chi connectivity index (χ2v) is 16.3. The number of fused-ring (bicyclic) bond motifs is 1. The predicted molar refractivity (Wildman–Crippen MR) is 191 cm³/mol. The number of phenols is 2. The highest BCUT2D eigenvalue weighted by Gasteiger charge is 2.43. The van der Waals surface area contributed by atoms with Crippen molar-refractivity contribution in [2.45, 2.75) is 24.8 Å². The number of hydrogen-bond acceptors (Lipinski definition) is 12. The fraction of sp³-hybridized carbons (Fsp3) is 0.258. The maximum Gasteiger partial charge on any atom is 0.547 e. The number of nitrogens with one attached hydrogen (secondary N) is 3. The van der Waals surface area contributed by atoms with Crippen LogP contribution in [0.4, 0.5) is 14.0 Å². The molecule has 9 N–H and O–H groups in total. The summed E-state index contributed by atoms with van der Waals surface area (Å²) < 4.78 is 57.8. The summed E-state index contributed by atoms with van der Waals surface area (Å²) in [6, 6.07) is 4.00. The Morgan fingerprint density at radius 1 is 1.05 bits per heavy atom. The molecule has 20 nitrogen and oxygen atoms in total. The average Bonchev–Trinajstić information content (AvgIpc) is 3.53. The number of imide groups is 1. The van der Waals surface area contributed by atoms with Crippen LogP contribution in [0.5, 0.6) is 17.2 Å². The molecular weight excluding hydrogens is 811 g/mol. The van der Waals surface area contributed by atoms with Crippen molar-refractivity contribution < 1.29 is 76.1 Å². The van der Waals surface area contributed by atoms with Crippen molar-refractivity contribution in [3.8, 4) is 17.2 Å². The van der Waals surface area contributed by atoms with Gasteiger partial charge < -0.3 is 50.7 Å². The monoisotopic (exact) mass is 841 g/mol. The lowest BCUT2D eigenvalue weighted by atomic mass is 9.72. The molecule has 0 aliphatic carbocycles. The minimum atomic E-state index is -4.75. The molecule has 2 heterocycles. The van der Waals surface area contributed by atoms with E-state index in [1.54, 1.807) is 0 Å². The molecule has 2 aliphatic rings. The molecule has 56 heavy (non-hydrogen) atoms. The highest BCUT2D eigenvalue weighted by Crippen LogP contribution is 2.36. The SMILES string of the molecule is O=C(NCCCS(=O)(=O)N1CCN(C(=O)N[C@@H](C(=O)N[C@H]2Cc3ccc(F)c(C(=O)O)c3OB2O)c2ccc(P(=O)(O)O)cc2)C1=O)c1ccc(O)c(O)c1Cl. The van der Waals surface area contributed by atoms with Crippen molar-refractivity contribution in [1.29, 1.82) is 0 Å². The Morgan fingerprint density at radius 3 is 2.38 bits per heavy atom. The van der Waals surface area contributed by atoms with Gasteiger partial charge in [-0.3, -0.25) is 14.2 Å². The molecule has 6 amide bonds. The number of carboxylic acid groups (broad SMARTS) is 1. The summed E-state index contributed by atoms with van der Waals surface area (Å²) in [4.78, 5) is 83.9. The molecule has 0 saturated carbocycles. The number of benzene rings is 3. The molecule has 2 atom stereocenters. The van der Waals surface area contributed by atoms with Gasteiger partial charge in [-0.15, -0.1) is 0 Å². The summed E-state index contributed by atoms with van der Waals surface area (Å²) in [7, 11) is -11.1. The highest BCUT2D eigenvalue weighted by molar-refractivity contribution is 7.89. The van der Waals surface area contributed by atoms with Crippen LogP contribution in [0.15, 0.2) is 48.5 Å². The smallest absolute Gasteiger partial charge is 0.534 e. The summed E-state index contributed by atoms with van der Waals surface area (Å²) in [6.07, 6.45) is -0.498. The number of amides is 6. The number of hydrogen-bond donors (Lipinski definition) is 9. The maximum atomic E-state index is 14.2. The van der Waals surface area contributed by atoms with Crippen LogP contribution in [0.2, 0.25) is 5.02 Å². The molecule has 0 aromatic heterocycles. The van der Waals surface area contributed by atoms with Crippen LogP contribution < -0.4 is 25.9 Å². The van der Waals surface area contributed by atoms with Crippen molar-refractivity contribution in [1.82, 2.24) is 25.2 Å². The van der Waals surface area contributed by atoms with Gasteiger partial charge in [-0.1, -0.05) is 29.8 Å². The number of phenolic OH excluding ortho intramolecular Hbond substituents is 2. The molecule has 3 aromatic rings. The zero-order chi connectivity index (χ0) is 41.3. The van der Waals surface area contributed by atoms with Gasteiger partial charge in [0, 0.05) is 6.54 Å². The zero-order valence-electron chi connectivity index (χ0n) is 28.5.